The van der Waals surface area contributed by atoms with Crippen molar-refractivity contribution < 1.29 is 0 Å². The number of pyridine rings is 1. The first-order valence-electron chi connectivity index (χ1n) is 5.75. The molecule has 1 aromatic carbocycles. The van der Waals surface area contributed by atoms with Gasteiger partial charge in [-0.1, -0.05) is 29.8 Å². The summed E-state index contributed by atoms with van der Waals surface area (Å²) in [5.41, 5.74) is 9.05. The van der Waals surface area contributed by atoms with Crippen molar-refractivity contribution in [1.29, 1.82) is 0 Å². The summed E-state index contributed by atoms with van der Waals surface area (Å²) < 4.78 is 0. The molecule has 0 unspecified atom stereocenters. The monoisotopic (exact) mass is 227 g/mol. The van der Waals surface area contributed by atoms with Crippen LogP contribution in [0.2, 0.25) is 0 Å². The summed E-state index contributed by atoms with van der Waals surface area (Å²) in [6, 6.07) is 12.2. The predicted octanol–water partition coefficient (Wildman–Crippen LogP) is 2.63. The van der Waals surface area contributed by atoms with Gasteiger partial charge in [-0.15, -0.1) is 0 Å². The zero-order valence-electron chi connectivity index (χ0n) is 9.98. The van der Waals surface area contributed by atoms with Crippen LogP contribution in [0, 0.1) is 6.92 Å². The van der Waals surface area contributed by atoms with E-state index in [0.29, 0.717) is 0 Å². The predicted molar refractivity (Wildman–Crippen MR) is 72.0 cm³/mol. The minimum Gasteiger partial charge on any atom is -0.399 e. The molecule has 1 aromatic heterocycles. The number of nitrogens with one attached hydrogen (secondary N) is 1. The van der Waals surface area contributed by atoms with E-state index in [1.807, 2.05) is 6.07 Å². The highest BCUT2D eigenvalue weighted by atomic mass is 15.0. The lowest BCUT2D eigenvalue weighted by molar-refractivity contribution is 1.00. The number of benzene rings is 1. The van der Waals surface area contributed by atoms with Gasteiger partial charge in [-0.2, -0.15) is 0 Å². The molecule has 0 spiro atoms. The fourth-order valence-corrected chi connectivity index (χ4v) is 1.75. The molecule has 0 aliphatic carbocycles. The molecular weight excluding hydrogens is 210 g/mol. The van der Waals surface area contributed by atoms with Crippen LogP contribution < -0.4 is 11.1 Å². The maximum atomic E-state index is 5.68. The third-order valence-corrected chi connectivity index (χ3v) is 2.59. The second kappa shape index (κ2) is 5.34. The van der Waals surface area contributed by atoms with Crippen LogP contribution in [-0.4, -0.2) is 11.5 Å². The molecule has 3 heteroatoms. The van der Waals surface area contributed by atoms with E-state index >= 15 is 0 Å². The number of hydrogen-bond donors (Lipinski definition) is 2. The van der Waals surface area contributed by atoms with Gasteiger partial charge >= 0.3 is 0 Å². The van der Waals surface area contributed by atoms with Crippen molar-refractivity contribution in [3.8, 4) is 0 Å². The molecule has 0 atom stereocenters. The van der Waals surface area contributed by atoms with Crippen molar-refractivity contribution in [2.75, 3.05) is 17.6 Å². The maximum absolute atomic E-state index is 5.68. The first kappa shape index (κ1) is 11.5. The van der Waals surface area contributed by atoms with Crippen molar-refractivity contribution >= 4 is 11.5 Å². The molecule has 0 saturated heterocycles. The molecule has 3 N–H and O–H groups in total. The van der Waals surface area contributed by atoms with Gasteiger partial charge in [0.2, 0.25) is 0 Å². The van der Waals surface area contributed by atoms with E-state index in [0.717, 1.165) is 24.5 Å². The Morgan fingerprint density at radius 3 is 2.88 bits per heavy atom. The molecule has 0 fully saturated rings. The highest BCUT2D eigenvalue weighted by Crippen LogP contribution is 2.09. The van der Waals surface area contributed by atoms with Gasteiger partial charge in [0.15, 0.2) is 0 Å². The molecule has 0 aliphatic rings. The summed E-state index contributed by atoms with van der Waals surface area (Å²) >= 11 is 0. The van der Waals surface area contributed by atoms with E-state index in [-0.39, 0.29) is 0 Å². The SMILES string of the molecule is Cc1cccc(CCNc2cc(N)ccn2)c1. The third-order valence-electron chi connectivity index (χ3n) is 2.59. The molecule has 0 saturated carbocycles. The quantitative estimate of drug-likeness (QED) is 0.844. The lowest BCUT2D eigenvalue weighted by Gasteiger charge is -2.06. The van der Waals surface area contributed by atoms with Gasteiger partial charge in [-0.3, -0.25) is 0 Å². The number of nitrogen functional groups attached to an aromatic ring is 1. The van der Waals surface area contributed by atoms with Gasteiger partial charge in [0.05, 0.1) is 0 Å². The summed E-state index contributed by atoms with van der Waals surface area (Å²) in [6.07, 6.45) is 2.70. The number of rotatable bonds is 4. The normalized spacial score (nSPS) is 10.2. The lowest BCUT2D eigenvalue weighted by atomic mass is 10.1. The molecular formula is C14H17N3. The standard InChI is InChI=1S/C14H17N3/c1-11-3-2-4-12(9-11)5-7-16-14-10-13(15)6-8-17-14/h2-4,6,8-10H,5,7H2,1H3,(H3,15,16,17). The van der Waals surface area contributed by atoms with Crippen molar-refractivity contribution in [1.82, 2.24) is 4.98 Å². The molecule has 0 amide bonds. The highest BCUT2D eigenvalue weighted by molar-refractivity contribution is 5.48. The highest BCUT2D eigenvalue weighted by Gasteiger charge is 1.96. The number of nitrogens with two attached hydrogens (primary N) is 1. The van der Waals surface area contributed by atoms with E-state index in [4.69, 9.17) is 5.73 Å². The second-order valence-corrected chi connectivity index (χ2v) is 4.14. The van der Waals surface area contributed by atoms with Crippen molar-refractivity contribution in [3.05, 3.63) is 53.7 Å². The molecule has 3 nitrogen and oxygen atoms in total. The zero-order chi connectivity index (χ0) is 12.1. The van der Waals surface area contributed by atoms with Crippen LogP contribution in [0.15, 0.2) is 42.6 Å². The Labute approximate surface area is 102 Å². The number of aryl methyl sites for hydroxylation is 1. The Hall–Kier alpha value is -2.03. The Balaban J connectivity index is 1.87. The average Bonchev–Trinajstić information content (AvgIpc) is 2.29. The zero-order valence-corrected chi connectivity index (χ0v) is 9.98. The Morgan fingerprint density at radius 2 is 2.12 bits per heavy atom. The van der Waals surface area contributed by atoms with Crippen molar-refractivity contribution in [2.24, 2.45) is 0 Å². The first-order valence-corrected chi connectivity index (χ1v) is 5.75. The van der Waals surface area contributed by atoms with E-state index < -0.39 is 0 Å². The number of anilines is 2. The number of nitrogens with zero attached hydrogens (tertiary/aromatic N) is 1. The van der Waals surface area contributed by atoms with Crippen molar-refractivity contribution in [3.63, 3.8) is 0 Å². The van der Waals surface area contributed by atoms with Gasteiger partial charge in [0.1, 0.15) is 5.82 Å². The van der Waals surface area contributed by atoms with E-state index in [1.54, 1.807) is 12.3 Å². The topological polar surface area (TPSA) is 50.9 Å². The van der Waals surface area contributed by atoms with E-state index in [1.165, 1.54) is 11.1 Å². The van der Waals surface area contributed by atoms with Gasteiger partial charge in [-0.05, 0) is 25.0 Å². The smallest absolute Gasteiger partial charge is 0.127 e. The molecule has 1 heterocycles. The Kier molecular flexibility index (Phi) is 3.60. The summed E-state index contributed by atoms with van der Waals surface area (Å²) in [4.78, 5) is 4.20. The minimum atomic E-state index is 0.734. The third kappa shape index (κ3) is 3.48. The first-order chi connectivity index (χ1) is 8.24. The number of aromatic nitrogens is 1. The minimum absolute atomic E-state index is 0.734. The lowest BCUT2D eigenvalue weighted by Crippen LogP contribution is -2.06. The Bertz CT molecular complexity index is 449. The fourth-order valence-electron chi connectivity index (χ4n) is 1.75. The summed E-state index contributed by atoms with van der Waals surface area (Å²) in [6.45, 7) is 2.97. The fraction of sp³-hybridized carbons (Fsp3) is 0.214. The van der Waals surface area contributed by atoms with E-state index in [2.05, 4.69) is 41.5 Å². The summed E-state index contributed by atoms with van der Waals surface area (Å²) in [5.74, 6) is 0.831. The van der Waals surface area contributed by atoms with Crippen LogP contribution >= 0.6 is 0 Å². The average molecular weight is 227 g/mol. The molecule has 17 heavy (non-hydrogen) atoms. The van der Waals surface area contributed by atoms with Crippen LogP contribution in [0.1, 0.15) is 11.1 Å². The summed E-state index contributed by atoms with van der Waals surface area (Å²) in [7, 11) is 0. The molecule has 2 rings (SSSR count). The van der Waals surface area contributed by atoms with Gasteiger partial charge < -0.3 is 11.1 Å². The van der Waals surface area contributed by atoms with Gasteiger partial charge in [0.25, 0.3) is 0 Å². The largest absolute Gasteiger partial charge is 0.399 e. The van der Waals surface area contributed by atoms with Gasteiger partial charge in [0, 0.05) is 24.5 Å². The van der Waals surface area contributed by atoms with Crippen LogP contribution in [0.3, 0.4) is 0 Å². The maximum Gasteiger partial charge on any atom is 0.127 e. The van der Waals surface area contributed by atoms with Crippen LogP contribution in [0.5, 0.6) is 0 Å². The Morgan fingerprint density at radius 1 is 1.24 bits per heavy atom. The second-order valence-electron chi connectivity index (χ2n) is 4.14. The molecule has 0 radical (unpaired) electrons. The van der Waals surface area contributed by atoms with Gasteiger partial charge in [-0.25, -0.2) is 4.98 Å². The van der Waals surface area contributed by atoms with Crippen LogP contribution in [0.25, 0.3) is 0 Å². The molecule has 0 aliphatic heterocycles. The summed E-state index contributed by atoms with van der Waals surface area (Å²) in [5, 5.41) is 3.26. The van der Waals surface area contributed by atoms with Crippen LogP contribution in [0.4, 0.5) is 11.5 Å². The molecule has 88 valence electrons. The number of hydrogen-bond acceptors (Lipinski definition) is 3. The molecule has 0 bridgehead atoms. The van der Waals surface area contributed by atoms with Crippen molar-refractivity contribution in [2.45, 2.75) is 13.3 Å². The van der Waals surface area contributed by atoms with Crippen LogP contribution in [-0.2, 0) is 6.42 Å². The van der Waals surface area contributed by atoms with E-state index in [9.17, 15) is 0 Å². The molecule has 2 aromatic rings.